The van der Waals surface area contributed by atoms with Crippen molar-refractivity contribution in [3.63, 3.8) is 0 Å². The van der Waals surface area contributed by atoms with Gasteiger partial charge in [0.2, 0.25) is 5.91 Å². The van der Waals surface area contributed by atoms with Crippen molar-refractivity contribution in [2.24, 2.45) is 5.92 Å². The number of benzene rings is 2. The molecule has 6 heteroatoms. The van der Waals surface area contributed by atoms with Crippen LogP contribution in [0.25, 0.3) is 0 Å². The Hall–Kier alpha value is -3.15. The molecule has 28 heavy (non-hydrogen) atoms. The van der Waals surface area contributed by atoms with E-state index in [0.29, 0.717) is 37.2 Å². The van der Waals surface area contributed by atoms with Crippen LogP contribution < -0.4 is 5.32 Å². The SMILES string of the molecule is CC(C(=O)Nc1ccc(C(=O)N2CCC(C(=O)O)CC2)cc1)c1ccccc1. The molecule has 6 nitrogen and oxygen atoms in total. The summed E-state index contributed by atoms with van der Waals surface area (Å²) in [5.74, 6) is -1.66. The summed E-state index contributed by atoms with van der Waals surface area (Å²) in [6.45, 7) is 2.75. The number of nitrogens with one attached hydrogen (secondary N) is 1. The number of likely N-dealkylation sites (tertiary alicyclic amines) is 1. The van der Waals surface area contributed by atoms with Crippen LogP contribution in [0.2, 0.25) is 0 Å². The minimum Gasteiger partial charge on any atom is -0.481 e. The number of rotatable bonds is 5. The van der Waals surface area contributed by atoms with Crippen LogP contribution in [0, 0.1) is 5.92 Å². The molecule has 0 radical (unpaired) electrons. The summed E-state index contributed by atoms with van der Waals surface area (Å²) in [5.41, 5.74) is 2.10. The smallest absolute Gasteiger partial charge is 0.306 e. The lowest BCUT2D eigenvalue weighted by Crippen LogP contribution is -2.40. The van der Waals surface area contributed by atoms with E-state index in [-0.39, 0.29) is 23.7 Å². The Kier molecular flexibility index (Phi) is 6.09. The largest absolute Gasteiger partial charge is 0.481 e. The molecule has 0 aromatic heterocycles. The summed E-state index contributed by atoms with van der Waals surface area (Å²) in [6, 6.07) is 16.4. The molecule has 146 valence electrons. The second-order valence-electron chi connectivity index (χ2n) is 7.10. The average molecular weight is 380 g/mol. The molecule has 1 aliphatic heterocycles. The number of carboxylic acid groups (broad SMARTS) is 1. The molecule has 1 fully saturated rings. The van der Waals surface area contributed by atoms with Crippen LogP contribution in [0.1, 0.15) is 41.6 Å². The first kappa shape index (κ1) is 19.6. The fraction of sp³-hybridized carbons (Fsp3) is 0.318. The van der Waals surface area contributed by atoms with Crippen LogP contribution >= 0.6 is 0 Å². The first-order valence-electron chi connectivity index (χ1n) is 9.43. The lowest BCUT2D eigenvalue weighted by molar-refractivity contribution is -0.143. The van der Waals surface area contributed by atoms with E-state index in [1.807, 2.05) is 37.3 Å². The summed E-state index contributed by atoms with van der Waals surface area (Å²) >= 11 is 0. The molecule has 3 rings (SSSR count). The van der Waals surface area contributed by atoms with Gasteiger partial charge < -0.3 is 15.3 Å². The maximum absolute atomic E-state index is 12.6. The van der Waals surface area contributed by atoms with Crippen molar-refractivity contribution < 1.29 is 19.5 Å². The molecule has 0 bridgehead atoms. The molecule has 0 spiro atoms. The van der Waals surface area contributed by atoms with Crippen molar-refractivity contribution in [3.8, 4) is 0 Å². The number of aliphatic carboxylic acids is 1. The first-order chi connectivity index (χ1) is 13.5. The molecule has 2 aromatic carbocycles. The Morgan fingerprint density at radius 2 is 1.61 bits per heavy atom. The lowest BCUT2D eigenvalue weighted by Gasteiger charge is -2.30. The van der Waals surface area contributed by atoms with Gasteiger partial charge in [-0.05, 0) is 49.6 Å². The average Bonchev–Trinajstić information content (AvgIpc) is 2.74. The number of carbonyl (C=O) groups is 3. The topological polar surface area (TPSA) is 86.7 Å². The zero-order valence-electron chi connectivity index (χ0n) is 15.8. The number of hydrogen-bond acceptors (Lipinski definition) is 3. The molecule has 1 unspecified atom stereocenters. The zero-order chi connectivity index (χ0) is 20.1. The third-order valence-electron chi connectivity index (χ3n) is 5.22. The number of piperidine rings is 1. The van der Waals surface area contributed by atoms with Gasteiger partial charge in [-0.2, -0.15) is 0 Å². The van der Waals surface area contributed by atoms with E-state index in [9.17, 15) is 14.4 Å². The van der Waals surface area contributed by atoms with E-state index in [1.165, 1.54) is 0 Å². The quantitative estimate of drug-likeness (QED) is 0.833. The molecular formula is C22H24N2O4. The fourth-order valence-electron chi connectivity index (χ4n) is 3.35. The van der Waals surface area contributed by atoms with Crippen LogP contribution in [0.3, 0.4) is 0 Å². The molecule has 1 atom stereocenters. The summed E-state index contributed by atoms with van der Waals surface area (Å²) in [5, 5.41) is 11.9. The van der Waals surface area contributed by atoms with Crippen molar-refractivity contribution in [1.82, 2.24) is 4.90 Å². The number of amides is 2. The maximum atomic E-state index is 12.6. The van der Waals surface area contributed by atoms with Gasteiger partial charge >= 0.3 is 5.97 Å². The van der Waals surface area contributed by atoms with Gasteiger partial charge in [-0.1, -0.05) is 30.3 Å². The Morgan fingerprint density at radius 1 is 1.00 bits per heavy atom. The van der Waals surface area contributed by atoms with Crippen LogP contribution in [0.5, 0.6) is 0 Å². The highest BCUT2D eigenvalue weighted by atomic mass is 16.4. The number of carboxylic acids is 1. The summed E-state index contributed by atoms with van der Waals surface area (Å²) < 4.78 is 0. The molecule has 1 saturated heterocycles. The Bertz CT molecular complexity index is 841. The fourth-order valence-corrected chi connectivity index (χ4v) is 3.35. The van der Waals surface area contributed by atoms with Crippen LogP contribution in [-0.2, 0) is 9.59 Å². The molecule has 1 aliphatic rings. The summed E-state index contributed by atoms with van der Waals surface area (Å²) in [7, 11) is 0. The van der Waals surface area contributed by atoms with Crippen molar-refractivity contribution in [3.05, 3.63) is 65.7 Å². The number of nitrogens with zero attached hydrogens (tertiary/aromatic N) is 1. The van der Waals surface area contributed by atoms with Gasteiger partial charge in [0.25, 0.3) is 5.91 Å². The Balaban J connectivity index is 1.58. The van der Waals surface area contributed by atoms with E-state index in [1.54, 1.807) is 29.2 Å². The highest BCUT2D eigenvalue weighted by Crippen LogP contribution is 2.21. The van der Waals surface area contributed by atoms with Gasteiger partial charge in [0.15, 0.2) is 0 Å². The van der Waals surface area contributed by atoms with Gasteiger partial charge in [0.1, 0.15) is 0 Å². The van der Waals surface area contributed by atoms with E-state index in [4.69, 9.17) is 5.11 Å². The predicted octanol–water partition coefficient (Wildman–Crippen LogP) is 3.37. The Morgan fingerprint density at radius 3 is 2.18 bits per heavy atom. The second-order valence-corrected chi connectivity index (χ2v) is 7.10. The van der Waals surface area contributed by atoms with Crippen molar-refractivity contribution in [1.29, 1.82) is 0 Å². The van der Waals surface area contributed by atoms with Gasteiger partial charge in [0.05, 0.1) is 11.8 Å². The summed E-state index contributed by atoms with van der Waals surface area (Å²) in [4.78, 5) is 37.7. The molecule has 2 amide bonds. The molecule has 1 heterocycles. The van der Waals surface area contributed by atoms with Crippen LogP contribution in [-0.4, -0.2) is 40.9 Å². The minimum atomic E-state index is -0.795. The van der Waals surface area contributed by atoms with E-state index >= 15 is 0 Å². The zero-order valence-corrected chi connectivity index (χ0v) is 15.8. The highest BCUT2D eigenvalue weighted by Gasteiger charge is 2.27. The minimum absolute atomic E-state index is 0.110. The van der Waals surface area contributed by atoms with Crippen molar-refractivity contribution in [2.45, 2.75) is 25.7 Å². The normalized spacial score (nSPS) is 15.7. The first-order valence-corrected chi connectivity index (χ1v) is 9.43. The van der Waals surface area contributed by atoms with Crippen LogP contribution in [0.4, 0.5) is 5.69 Å². The van der Waals surface area contributed by atoms with E-state index in [2.05, 4.69) is 5.32 Å². The van der Waals surface area contributed by atoms with Gasteiger partial charge in [-0.3, -0.25) is 14.4 Å². The van der Waals surface area contributed by atoms with Gasteiger partial charge in [-0.15, -0.1) is 0 Å². The third kappa shape index (κ3) is 4.57. The molecule has 0 saturated carbocycles. The number of carbonyl (C=O) groups excluding carboxylic acids is 2. The number of hydrogen-bond donors (Lipinski definition) is 2. The standard InChI is InChI=1S/C22H24N2O4/c1-15(16-5-3-2-4-6-16)20(25)23-19-9-7-17(8-10-19)21(26)24-13-11-18(12-14-24)22(27)28/h2-10,15,18H,11-14H2,1H3,(H,23,25)(H,27,28). The van der Waals surface area contributed by atoms with Gasteiger partial charge in [-0.25, -0.2) is 0 Å². The molecular weight excluding hydrogens is 356 g/mol. The Labute approximate surface area is 164 Å². The van der Waals surface area contributed by atoms with Gasteiger partial charge in [0, 0.05) is 24.3 Å². The lowest BCUT2D eigenvalue weighted by atomic mass is 9.96. The second kappa shape index (κ2) is 8.69. The number of anilines is 1. The van der Waals surface area contributed by atoms with Crippen LogP contribution in [0.15, 0.2) is 54.6 Å². The maximum Gasteiger partial charge on any atom is 0.306 e. The summed E-state index contributed by atoms with van der Waals surface area (Å²) in [6.07, 6.45) is 0.958. The van der Waals surface area contributed by atoms with E-state index in [0.717, 1.165) is 5.56 Å². The predicted molar refractivity (Wildman–Crippen MR) is 106 cm³/mol. The highest BCUT2D eigenvalue weighted by molar-refractivity contribution is 5.97. The van der Waals surface area contributed by atoms with Crippen molar-refractivity contribution in [2.75, 3.05) is 18.4 Å². The monoisotopic (exact) mass is 380 g/mol. The van der Waals surface area contributed by atoms with Crippen molar-refractivity contribution >= 4 is 23.5 Å². The molecule has 2 N–H and O–H groups in total. The molecule has 0 aliphatic carbocycles. The molecule has 2 aromatic rings. The van der Waals surface area contributed by atoms with E-state index < -0.39 is 5.97 Å². The third-order valence-corrected chi connectivity index (χ3v) is 5.22.